The Morgan fingerprint density at radius 1 is 1.02 bits per heavy atom. The lowest BCUT2D eigenvalue weighted by atomic mass is 9.72. The van der Waals surface area contributed by atoms with E-state index >= 15 is 0 Å². The normalized spacial score (nSPS) is 26.6. The van der Waals surface area contributed by atoms with Crippen LogP contribution < -0.4 is 10.5 Å². The van der Waals surface area contributed by atoms with Gasteiger partial charge in [-0.15, -0.1) is 0 Å². The van der Waals surface area contributed by atoms with Crippen molar-refractivity contribution in [2.24, 2.45) is 5.73 Å². The Bertz CT molecular complexity index is 1780. The number of fused-ring (bicyclic) bond motifs is 3. The first-order chi connectivity index (χ1) is 22.4. The van der Waals surface area contributed by atoms with E-state index in [0.29, 0.717) is 17.3 Å². The molecule has 1 saturated heterocycles. The topological polar surface area (TPSA) is 203 Å². The van der Waals surface area contributed by atoms with Gasteiger partial charge in [-0.25, -0.2) is 0 Å². The second-order valence-corrected chi connectivity index (χ2v) is 12.9. The summed E-state index contributed by atoms with van der Waals surface area (Å²) in [7, 11) is 1.33. The van der Waals surface area contributed by atoms with Gasteiger partial charge >= 0.3 is 0 Å². The van der Waals surface area contributed by atoms with E-state index < -0.39 is 99.9 Å². The van der Waals surface area contributed by atoms with E-state index in [-0.39, 0.29) is 34.4 Å². The molecule has 47 heavy (non-hydrogen) atoms. The van der Waals surface area contributed by atoms with E-state index in [4.69, 9.17) is 19.9 Å². The van der Waals surface area contributed by atoms with Crippen LogP contribution in [0.3, 0.4) is 0 Å². The van der Waals surface area contributed by atoms with Crippen LogP contribution in [0.2, 0.25) is 0 Å². The van der Waals surface area contributed by atoms with Gasteiger partial charge in [0.05, 0.1) is 47.9 Å². The van der Waals surface area contributed by atoms with Crippen LogP contribution in [0.5, 0.6) is 17.2 Å². The summed E-state index contributed by atoms with van der Waals surface area (Å²) in [5, 5.41) is 45.1. The Morgan fingerprint density at radius 3 is 2.40 bits per heavy atom. The average molecular weight is 664 g/mol. The van der Waals surface area contributed by atoms with Gasteiger partial charge in [0.1, 0.15) is 22.8 Å². The highest BCUT2D eigenvalue weighted by Crippen LogP contribution is 2.52. The minimum absolute atomic E-state index is 0.00478. The van der Waals surface area contributed by atoms with E-state index in [0.717, 1.165) is 0 Å². The molecule has 0 spiro atoms. The molecule has 1 heterocycles. The lowest BCUT2D eigenvalue weighted by Gasteiger charge is -2.42. The highest BCUT2D eigenvalue weighted by molar-refractivity contribution is 8.14. The van der Waals surface area contributed by atoms with Crippen molar-refractivity contribution in [3.63, 3.8) is 0 Å². The molecule has 0 unspecified atom stereocenters. The van der Waals surface area contributed by atoms with Crippen molar-refractivity contribution in [1.29, 1.82) is 0 Å². The van der Waals surface area contributed by atoms with Crippen molar-refractivity contribution >= 4 is 34.2 Å². The molecule has 6 rings (SSSR count). The van der Waals surface area contributed by atoms with Gasteiger partial charge in [0, 0.05) is 47.6 Å². The highest BCUT2D eigenvalue weighted by atomic mass is 32.2. The van der Waals surface area contributed by atoms with Gasteiger partial charge in [-0.3, -0.25) is 19.2 Å². The van der Waals surface area contributed by atoms with Gasteiger partial charge in [-0.2, -0.15) is 0 Å². The van der Waals surface area contributed by atoms with Gasteiger partial charge in [0.25, 0.3) is 0 Å². The fourth-order valence-electron chi connectivity index (χ4n) is 6.53. The minimum atomic E-state index is -2.23. The molecule has 0 amide bonds. The fourth-order valence-corrected chi connectivity index (χ4v) is 7.36. The predicted molar refractivity (Wildman–Crippen MR) is 168 cm³/mol. The fraction of sp³-hybridized carbons (Fsp3) is 0.353. The van der Waals surface area contributed by atoms with Crippen LogP contribution >= 0.6 is 11.8 Å². The standard InChI is InChI=1S/C34H33NO11S/c1-15-28(37)19(35)11-23(45-15)46-21-13-34(43,22(36)14-47-33(42)16-7-4-3-5-8-16)12-18-25(21)32(41)27-26(30(18)39)29(38)17-9-6-10-20(44-2)24(17)31(27)40/h3-10,15,19,21,23,28,37,39,41,43H,11-14,35H2,1-2H3/t15-,19-,21-,23+,28+,34+/m1/s1. The zero-order valence-electron chi connectivity index (χ0n) is 25.5. The number of rotatable bonds is 7. The van der Waals surface area contributed by atoms with Gasteiger partial charge in [0.15, 0.2) is 17.9 Å². The van der Waals surface area contributed by atoms with Crippen LogP contribution in [0.1, 0.15) is 79.2 Å². The summed E-state index contributed by atoms with van der Waals surface area (Å²) in [5.74, 6) is -4.00. The second kappa shape index (κ2) is 12.5. The third-order valence-corrected chi connectivity index (χ3v) is 9.91. The first-order valence-corrected chi connectivity index (χ1v) is 15.9. The monoisotopic (exact) mass is 663 g/mol. The number of ether oxygens (including phenoxy) is 3. The number of aliphatic hydroxyl groups excluding tert-OH is 1. The zero-order chi connectivity index (χ0) is 33.8. The lowest BCUT2D eigenvalue weighted by Crippen LogP contribution is -2.53. The minimum Gasteiger partial charge on any atom is -0.507 e. The van der Waals surface area contributed by atoms with E-state index in [9.17, 15) is 39.6 Å². The SMILES string of the molecule is COc1cccc2c1C(=O)c1c(O)c3c(c(O)c1C2=O)C[C@@](O)(C(=O)CSC(=O)c1ccccc1)C[C@H]3O[C@H]1C[C@@H](N)[C@@H](O)[C@@H](C)O1. The zero-order valence-corrected chi connectivity index (χ0v) is 26.3. The van der Waals surface area contributed by atoms with Crippen LogP contribution in [0.15, 0.2) is 48.5 Å². The maximum Gasteiger partial charge on any atom is 0.219 e. The maximum absolute atomic E-state index is 13.9. The lowest BCUT2D eigenvalue weighted by molar-refractivity contribution is -0.247. The highest BCUT2D eigenvalue weighted by Gasteiger charge is 2.50. The number of benzene rings is 3. The molecule has 0 radical (unpaired) electrons. The summed E-state index contributed by atoms with van der Waals surface area (Å²) < 4.78 is 17.3. The largest absolute Gasteiger partial charge is 0.507 e. The van der Waals surface area contributed by atoms with Crippen molar-refractivity contribution in [2.75, 3.05) is 12.9 Å². The Balaban J connectivity index is 1.42. The number of Topliss-reactive ketones (excluding diaryl/α,β-unsaturated/α-hetero) is 1. The smallest absolute Gasteiger partial charge is 0.219 e. The number of aliphatic hydroxyl groups is 2. The van der Waals surface area contributed by atoms with E-state index in [1.165, 1.54) is 25.3 Å². The van der Waals surface area contributed by atoms with Crippen LogP contribution in [0.25, 0.3) is 0 Å². The molecule has 6 N–H and O–H groups in total. The molecule has 1 aliphatic heterocycles. The van der Waals surface area contributed by atoms with Crippen LogP contribution in [-0.4, -0.2) is 85.9 Å². The number of thioether (sulfide) groups is 1. The van der Waals surface area contributed by atoms with Crippen molar-refractivity contribution in [3.8, 4) is 17.2 Å². The summed E-state index contributed by atoms with van der Waals surface area (Å²) >= 11 is 0.695. The van der Waals surface area contributed by atoms with Gasteiger partial charge < -0.3 is 40.4 Å². The molecule has 12 nitrogen and oxygen atoms in total. The Labute approximate surface area is 273 Å². The Hall–Kier alpha value is -4.11. The Morgan fingerprint density at radius 2 is 1.72 bits per heavy atom. The van der Waals surface area contributed by atoms with E-state index in [2.05, 4.69) is 0 Å². The second-order valence-electron chi connectivity index (χ2n) is 11.9. The predicted octanol–water partition coefficient (Wildman–Crippen LogP) is 2.58. The summed E-state index contributed by atoms with van der Waals surface area (Å²) in [5.41, 5.74) is 2.85. The van der Waals surface area contributed by atoms with Crippen molar-refractivity contribution < 1.29 is 53.8 Å². The molecule has 246 valence electrons. The first-order valence-electron chi connectivity index (χ1n) is 15.0. The molecule has 6 atom stereocenters. The number of methoxy groups -OCH3 is 1. The molecular formula is C34H33NO11S. The molecular weight excluding hydrogens is 630 g/mol. The van der Waals surface area contributed by atoms with Gasteiger partial charge in [0.2, 0.25) is 10.9 Å². The number of hydrogen-bond acceptors (Lipinski definition) is 13. The molecule has 2 aliphatic carbocycles. The van der Waals surface area contributed by atoms with Gasteiger partial charge in [-0.1, -0.05) is 54.2 Å². The van der Waals surface area contributed by atoms with Gasteiger partial charge in [-0.05, 0) is 13.0 Å². The van der Waals surface area contributed by atoms with Crippen molar-refractivity contribution in [2.45, 2.75) is 62.4 Å². The Kier molecular flexibility index (Phi) is 8.72. The number of aromatic hydroxyl groups is 2. The number of carbonyl (C=O) groups is 4. The summed E-state index contributed by atoms with van der Waals surface area (Å²) in [6.07, 6.45) is -5.19. The number of ketones is 3. The number of hydrogen-bond donors (Lipinski definition) is 5. The van der Waals surface area contributed by atoms with Crippen molar-refractivity contribution in [1.82, 2.24) is 0 Å². The molecule has 13 heteroatoms. The molecule has 0 aromatic heterocycles. The summed E-state index contributed by atoms with van der Waals surface area (Å²) in [6.45, 7) is 1.59. The molecule has 3 aliphatic rings. The molecule has 3 aromatic rings. The third-order valence-electron chi connectivity index (χ3n) is 9.01. The van der Waals surface area contributed by atoms with Crippen molar-refractivity contribution in [3.05, 3.63) is 87.5 Å². The maximum atomic E-state index is 13.9. The number of phenolic OH excluding ortho intramolecular Hbond substituents is 2. The molecule has 0 saturated carbocycles. The summed E-state index contributed by atoms with van der Waals surface area (Å²) in [4.78, 5) is 54.0. The number of nitrogens with two attached hydrogens (primary N) is 1. The number of carbonyl (C=O) groups excluding carboxylic acids is 4. The average Bonchev–Trinajstić information content (AvgIpc) is 3.06. The van der Waals surface area contributed by atoms with Crippen LogP contribution in [0, 0.1) is 0 Å². The third kappa shape index (κ3) is 5.62. The van der Waals surface area contributed by atoms with Crippen LogP contribution in [-0.2, 0) is 20.7 Å². The molecule has 0 bridgehead atoms. The van der Waals surface area contributed by atoms with E-state index in [1.807, 2.05) is 0 Å². The molecule has 3 aromatic carbocycles. The quantitative estimate of drug-likeness (QED) is 0.181. The molecule has 1 fully saturated rings. The number of phenols is 2. The van der Waals surface area contributed by atoms with E-state index in [1.54, 1.807) is 37.3 Å². The summed E-state index contributed by atoms with van der Waals surface area (Å²) in [6, 6.07) is 11.9. The van der Waals surface area contributed by atoms with Crippen LogP contribution in [0.4, 0.5) is 0 Å². The first kappa shape index (κ1) is 32.8.